The normalized spacial score (nSPS) is 12.5. The Morgan fingerprint density at radius 3 is 2.33 bits per heavy atom. The number of hydrogen-bond donors (Lipinski definition) is 2. The van der Waals surface area contributed by atoms with Crippen molar-refractivity contribution in [1.82, 2.24) is 4.57 Å². The predicted octanol–water partition coefficient (Wildman–Crippen LogP) is 0.857. The summed E-state index contributed by atoms with van der Waals surface area (Å²) in [5.74, 6) is -1.16. The van der Waals surface area contributed by atoms with Gasteiger partial charge >= 0.3 is 5.97 Å². The average Bonchev–Trinajstić information content (AvgIpc) is 2.93. The van der Waals surface area contributed by atoms with E-state index in [4.69, 9.17) is 9.88 Å². The summed E-state index contributed by atoms with van der Waals surface area (Å²) in [5.41, 5.74) is 0.682. The molecule has 0 saturated heterocycles. The van der Waals surface area contributed by atoms with E-state index in [1.54, 1.807) is 29.9 Å². The number of hydrogen-bond acceptors (Lipinski definition) is 5. The molecule has 128 valence electrons. The van der Waals surface area contributed by atoms with Crippen LogP contribution in [-0.4, -0.2) is 31.0 Å². The number of amides is 1. The number of sulfonamides is 1. The lowest BCUT2D eigenvalue weighted by molar-refractivity contribution is -0.123. The molecule has 0 spiro atoms. The van der Waals surface area contributed by atoms with Gasteiger partial charge in [0.15, 0.2) is 6.10 Å². The lowest BCUT2D eigenvalue weighted by atomic mass is 10.3. The Morgan fingerprint density at radius 2 is 1.83 bits per heavy atom. The van der Waals surface area contributed by atoms with Crippen LogP contribution in [0.1, 0.15) is 17.4 Å². The zero-order chi connectivity index (χ0) is 17.9. The van der Waals surface area contributed by atoms with Gasteiger partial charge in [-0.25, -0.2) is 18.4 Å². The minimum Gasteiger partial charge on any atom is -0.448 e. The van der Waals surface area contributed by atoms with Crippen molar-refractivity contribution in [1.29, 1.82) is 0 Å². The number of aryl methyl sites for hydroxylation is 1. The molecule has 2 aromatic rings. The SMILES string of the molecule is CC(OC(=O)c1cccn1C)C(=O)Nc1ccc(S(N)(=O)=O)cc1. The Labute approximate surface area is 139 Å². The monoisotopic (exact) mass is 351 g/mol. The first-order valence-electron chi connectivity index (χ1n) is 6.94. The third-order valence-corrected chi connectivity index (χ3v) is 4.19. The molecule has 0 radical (unpaired) electrons. The third kappa shape index (κ3) is 4.21. The number of nitrogens with two attached hydrogens (primary N) is 1. The van der Waals surface area contributed by atoms with Gasteiger partial charge in [-0.1, -0.05) is 0 Å². The van der Waals surface area contributed by atoms with Gasteiger partial charge in [0.05, 0.1) is 4.90 Å². The molecule has 1 aromatic heterocycles. The van der Waals surface area contributed by atoms with Crippen LogP contribution in [0.4, 0.5) is 5.69 Å². The van der Waals surface area contributed by atoms with Crippen molar-refractivity contribution >= 4 is 27.6 Å². The summed E-state index contributed by atoms with van der Waals surface area (Å²) in [6, 6.07) is 8.59. The maximum Gasteiger partial charge on any atom is 0.355 e. The number of aromatic nitrogens is 1. The highest BCUT2D eigenvalue weighted by atomic mass is 32.2. The number of nitrogens with zero attached hydrogens (tertiary/aromatic N) is 1. The van der Waals surface area contributed by atoms with Gasteiger partial charge in [-0.15, -0.1) is 0 Å². The van der Waals surface area contributed by atoms with Gasteiger partial charge < -0.3 is 14.6 Å². The minimum absolute atomic E-state index is 0.0660. The van der Waals surface area contributed by atoms with Crippen LogP contribution in [0.5, 0.6) is 0 Å². The van der Waals surface area contributed by atoms with Gasteiger partial charge in [0, 0.05) is 18.9 Å². The number of carbonyl (C=O) groups excluding carboxylic acids is 2. The summed E-state index contributed by atoms with van der Waals surface area (Å²) in [6.07, 6.45) is 0.666. The number of anilines is 1. The second-order valence-corrected chi connectivity index (χ2v) is 6.67. The number of benzene rings is 1. The fourth-order valence-electron chi connectivity index (χ4n) is 1.92. The first-order valence-corrected chi connectivity index (χ1v) is 8.49. The summed E-state index contributed by atoms with van der Waals surface area (Å²) < 4.78 is 29.0. The summed E-state index contributed by atoms with van der Waals surface area (Å²) in [7, 11) is -2.10. The Hall–Kier alpha value is -2.65. The quantitative estimate of drug-likeness (QED) is 0.774. The molecule has 1 amide bonds. The molecule has 9 heteroatoms. The van der Waals surface area contributed by atoms with Crippen molar-refractivity contribution in [3.8, 4) is 0 Å². The Bertz CT molecular complexity index is 855. The molecule has 1 heterocycles. The van der Waals surface area contributed by atoms with Gasteiger partial charge in [0.1, 0.15) is 5.69 Å². The summed E-state index contributed by atoms with van der Waals surface area (Å²) in [6.45, 7) is 1.44. The molecule has 8 nitrogen and oxygen atoms in total. The topological polar surface area (TPSA) is 120 Å². The molecule has 24 heavy (non-hydrogen) atoms. The van der Waals surface area contributed by atoms with Crippen LogP contribution in [0, 0.1) is 0 Å². The lowest BCUT2D eigenvalue weighted by Crippen LogP contribution is -2.30. The first kappa shape index (κ1) is 17.7. The van der Waals surface area contributed by atoms with Gasteiger partial charge in [-0.2, -0.15) is 0 Å². The number of primary sulfonamides is 1. The smallest absolute Gasteiger partial charge is 0.355 e. The van der Waals surface area contributed by atoms with Crippen LogP contribution >= 0.6 is 0 Å². The van der Waals surface area contributed by atoms with E-state index in [0.29, 0.717) is 11.4 Å². The number of nitrogens with one attached hydrogen (secondary N) is 1. The van der Waals surface area contributed by atoms with Crippen LogP contribution in [-0.2, 0) is 26.6 Å². The second kappa shape index (κ2) is 6.85. The molecular weight excluding hydrogens is 334 g/mol. The van der Waals surface area contributed by atoms with Gasteiger partial charge in [-0.3, -0.25) is 4.79 Å². The fraction of sp³-hybridized carbons (Fsp3) is 0.200. The molecule has 0 bridgehead atoms. The summed E-state index contributed by atoms with van der Waals surface area (Å²) in [5, 5.41) is 7.52. The maximum atomic E-state index is 12.0. The zero-order valence-corrected chi connectivity index (χ0v) is 13.9. The molecule has 3 N–H and O–H groups in total. The van der Waals surface area contributed by atoms with Gasteiger partial charge in [0.25, 0.3) is 5.91 Å². The molecule has 2 rings (SSSR count). The van der Waals surface area contributed by atoms with Crippen LogP contribution in [0.25, 0.3) is 0 Å². The van der Waals surface area contributed by atoms with Crippen molar-refractivity contribution in [2.45, 2.75) is 17.9 Å². The van der Waals surface area contributed by atoms with E-state index >= 15 is 0 Å². The van der Waals surface area contributed by atoms with E-state index < -0.39 is 28.0 Å². The van der Waals surface area contributed by atoms with E-state index in [-0.39, 0.29) is 4.90 Å². The predicted molar refractivity (Wildman–Crippen MR) is 86.7 cm³/mol. The number of ether oxygens (including phenoxy) is 1. The highest BCUT2D eigenvalue weighted by molar-refractivity contribution is 7.89. The van der Waals surface area contributed by atoms with E-state index in [2.05, 4.69) is 5.32 Å². The van der Waals surface area contributed by atoms with E-state index in [1.807, 2.05) is 0 Å². The highest BCUT2D eigenvalue weighted by Gasteiger charge is 2.20. The van der Waals surface area contributed by atoms with E-state index in [0.717, 1.165) is 0 Å². The lowest BCUT2D eigenvalue weighted by Gasteiger charge is -2.14. The molecule has 1 aromatic carbocycles. The summed E-state index contributed by atoms with van der Waals surface area (Å²) >= 11 is 0. The van der Waals surface area contributed by atoms with Crippen LogP contribution in [0.3, 0.4) is 0 Å². The molecule has 0 saturated carbocycles. The molecule has 1 unspecified atom stereocenters. The Kier molecular flexibility index (Phi) is 5.05. The molecular formula is C15H17N3O5S. The molecule has 0 aliphatic carbocycles. The second-order valence-electron chi connectivity index (χ2n) is 5.11. The number of carbonyl (C=O) groups is 2. The van der Waals surface area contributed by atoms with Crippen LogP contribution < -0.4 is 10.5 Å². The zero-order valence-electron chi connectivity index (χ0n) is 13.1. The van der Waals surface area contributed by atoms with E-state index in [1.165, 1.54) is 31.2 Å². The molecule has 0 fully saturated rings. The molecule has 1 atom stereocenters. The van der Waals surface area contributed by atoms with E-state index in [9.17, 15) is 18.0 Å². The standard InChI is InChI=1S/C15H17N3O5S/c1-10(23-15(20)13-4-3-9-18(13)2)14(19)17-11-5-7-12(8-6-11)24(16,21)22/h3-10H,1-2H3,(H,17,19)(H2,16,21,22). The van der Waals surface area contributed by atoms with Crippen molar-refractivity contribution in [2.75, 3.05) is 5.32 Å². The number of esters is 1. The Morgan fingerprint density at radius 1 is 1.21 bits per heavy atom. The van der Waals surface area contributed by atoms with Crippen molar-refractivity contribution in [3.05, 3.63) is 48.3 Å². The fourth-order valence-corrected chi connectivity index (χ4v) is 2.43. The minimum atomic E-state index is -3.79. The Balaban J connectivity index is 1.99. The summed E-state index contributed by atoms with van der Waals surface area (Å²) in [4.78, 5) is 23.9. The van der Waals surface area contributed by atoms with Crippen molar-refractivity contribution in [3.63, 3.8) is 0 Å². The third-order valence-electron chi connectivity index (χ3n) is 3.26. The van der Waals surface area contributed by atoms with Crippen molar-refractivity contribution < 1.29 is 22.7 Å². The van der Waals surface area contributed by atoms with Crippen LogP contribution in [0.15, 0.2) is 47.5 Å². The van der Waals surface area contributed by atoms with Gasteiger partial charge in [-0.05, 0) is 43.3 Å². The number of rotatable bonds is 5. The maximum absolute atomic E-state index is 12.0. The van der Waals surface area contributed by atoms with Crippen LogP contribution in [0.2, 0.25) is 0 Å². The van der Waals surface area contributed by atoms with Crippen molar-refractivity contribution in [2.24, 2.45) is 12.2 Å². The highest BCUT2D eigenvalue weighted by Crippen LogP contribution is 2.13. The molecule has 0 aliphatic rings. The van der Waals surface area contributed by atoms with Gasteiger partial charge in [0.2, 0.25) is 10.0 Å². The largest absolute Gasteiger partial charge is 0.448 e. The first-order chi connectivity index (χ1) is 11.2. The molecule has 0 aliphatic heterocycles. The average molecular weight is 351 g/mol.